The summed E-state index contributed by atoms with van der Waals surface area (Å²) in [7, 11) is 1.58. The number of ether oxygens (including phenoxy) is 1. The number of rotatable bonds is 7. The molecule has 1 aromatic carbocycles. The van der Waals surface area contributed by atoms with Crippen LogP contribution in [0.2, 0.25) is 0 Å². The molecule has 1 saturated carbocycles. The van der Waals surface area contributed by atoms with E-state index in [0.29, 0.717) is 30.8 Å². The highest BCUT2D eigenvalue weighted by atomic mass is 16.5. The first-order chi connectivity index (χ1) is 12.1. The molecule has 2 N–H and O–H groups in total. The minimum Gasteiger partial charge on any atom is -0.497 e. The molecule has 25 heavy (non-hydrogen) atoms. The van der Waals surface area contributed by atoms with Crippen LogP contribution in [0.15, 0.2) is 35.9 Å². The Hall–Kier alpha value is -2.30. The Labute approximate surface area is 148 Å². The fourth-order valence-electron chi connectivity index (χ4n) is 3.27. The number of carbonyl (C=O) groups is 2. The van der Waals surface area contributed by atoms with Crippen LogP contribution in [-0.2, 0) is 9.59 Å². The Balaban J connectivity index is 1.52. The summed E-state index contributed by atoms with van der Waals surface area (Å²) >= 11 is 0. The lowest BCUT2D eigenvalue weighted by Crippen LogP contribution is -2.40. The van der Waals surface area contributed by atoms with Crippen LogP contribution in [0.1, 0.15) is 44.9 Å². The van der Waals surface area contributed by atoms with E-state index in [-0.39, 0.29) is 11.8 Å². The smallest absolute Gasteiger partial charge is 0.240 e. The van der Waals surface area contributed by atoms with Crippen LogP contribution in [0.25, 0.3) is 0 Å². The van der Waals surface area contributed by atoms with Crippen molar-refractivity contribution in [3.05, 3.63) is 35.9 Å². The Kier molecular flexibility index (Phi) is 5.41. The van der Waals surface area contributed by atoms with Crippen LogP contribution in [0.4, 0.5) is 5.69 Å². The van der Waals surface area contributed by atoms with Gasteiger partial charge in [0, 0.05) is 18.3 Å². The third-order valence-electron chi connectivity index (χ3n) is 5.06. The molecule has 134 valence electrons. The maximum absolute atomic E-state index is 12.6. The van der Waals surface area contributed by atoms with E-state index in [1.165, 1.54) is 18.4 Å². The van der Waals surface area contributed by atoms with Crippen molar-refractivity contribution in [3.8, 4) is 5.75 Å². The zero-order valence-corrected chi connectivity index (χ0v) is 14.8. The van der Waals surface area contributed by atoms with Gasteiger partial charge in [-0.15, -0.1) is 0 Å². The van der Waals surface area contributed by atoms with Gasteiger partial charge in [0.15, 0.2) is 0 Å². The molecule has 0 radical (unpaired) electrons. The number of amides is 2. The minimum absolute atomic E-state index is 0.149. The van der Waals surface area contributed by atoms with E-state index in [9.17, 15) is 9.59 Å². The first-order valence-electron chi connectivity index (χ1n) is 9.06. The Morgan fingerprint density at radius 3 is 2.72 bits per heavy atom. The number of hydrogen-bond donors (Lipinski definition) is 2. The lowest BCUT2D eigenvalue weighted by molar-refractivity contribution is -0.134. The van der Waals surface area contributed by atoms with Crippen LogP contribution >= 0.6 is 0 Å². The molecule has 5 nitrogen and oxygen atoms in total. The highest BCUT2D eigenvalue weighted by Gasteiger charge is 2.56. The summed E-state index contributed by atoms with van der Waals surface area (Å²) < 4.78 is 5.16. The molecule has 0 heterocycles. The number of methoxy groups -OCH3 is 1. The lowest BCUT2D eigenvalue weighted by atomic mass is 9.97. The zero-order valence-electron chi connectivity index (χ0n) is 14.8. The average Bonchev–Trinajstić information content (AvgIpc) is 3.45. The maximum Gasteiger partial charge on any atom is 0.240 e. The number of hydrogen-bond acceptors (Lipinski definition) is 3. The SMILES string of the molecule is COc1cccc(NC(=O)C2(C(=O)NCCC3=CCCCC3)CC2)c1. The van der Waals surface area contributed by atoms with Gasteiger partial charge in [0.1, 0.15) is 11.2 Å². The van der Waals surface area contributed by atoms with E-state index < -0.39 is 5.41 Å². The largest absolute Gasteiger partial charge is 0.497 e. The van der Waals surface area contributed by atoms with Gasteiger partial charge in [0.25, 0.3) is 0 Å². The fraction of sp³-hybridized carbons (Fsp3) is 0.500. The number of allylic oxidation sites excluding steroid dienone is 1. The van der Waals surface area contributed by atoms with E-state index in [2.05, 4.69) is 16.7 Å². The average molecular weight is 342 g/mol. The lowest BCUT2D eigenvalue weighted by Gasteiger charge is -2.17. The van der Waals surface area contributed by atoms with Gasteiger partial charge in [0.05, 0.1) is 7.11 Å². The van der Waals surface area contributed by atoms with Gasteiger partial charge in [-0.1, -0.05) is 17.7 Å². The number of nitrogens with one attached hydrogen (secondary N) is 2. The van der Waals surface area contributed by atoms with E-state index in [4.69, 9.17) is 4.74 Å². The summed E-state index contributed by atoms with van der Waals surface area (Å²) in [5, 5.41) is 5.81. The highest BCUT2D eigenvalue weighted by molar-refractivity contribution is 6.13. The number of anilines is 1. The molecular formula is C20H26N2O3. The summed E-state index contributed by atoms with van der Waals surface area (Å²) in [5.41, 5.74) is 1.18. The number of benzene rings is 1. The molecule has 0 aromatic heterocycles. The zero-order chi connectivity index (χ0) is 17.7. The van der Waals surface area contributed by atoms with Crippen molar-refractivity contribution in [1.82, 2.24) is 5.32 Å². The number of carbonyl (C=O) groups excluding carboxylic acids is 2. The van der Waals surface area contributed by atoms with Gasteiger partial charge in [-0.2, -0.15) is 0 Å². The van der Waals surface area contributed by atoms with E-state index in [1.54, 1.807) is 19.2 Å². The van der Waals surface area contributed by atoms with Gasteiger partial charge in [-0.25, -0.2) is 0 Å². The fourth-order valence-corrected chi connectivity index (χ4v) is 3.27. The van der Waals surface area contributed by atoms with Gasteiger partial charge in [-0.05, 0) is 57.1 Å². The molecule has 1 aromatic rings. The van der Waals surface area contributed by atoms with Gasteiger partial charge < -0.3 is 15.4 Å². The Morgan fingerprint density at radius 1 is 1.20 bits per heavy atom. The van der Waals surface area contributed by atoms with Crippen molar-refractivity contribution in [3.63, 3.8) is 0 Å². The summed E-state index contributed by atoms with van der Waals surface area (Å²) in [5.74, 6) is 0.298. The minimum atomic E-state index is -0.899. The molecule has 0 aliphatic heterocycles. The molecule has 2 aliphatic carbocycles. The molecule has 3 rings (SSSR count). The van der Waals surface area contributed by atoms with Crippen molar-refractivity contribution in [2.75, 3.05) is 19.0 Å². The van der Waals surface area contributed by atoms with Crippen LogP contribution in [0.5, 0.6) is 5.75 Å². The predicted octanol–water partition coefficient (Wildman–Crippen LogP) is 3.42. The summed E-state index contributed by atoms with van der Waals surface area (Å²) in [6.07, 6.45) is 9.19. The summed E-state index contributed by atoms with van der Waals surface area (Å²) in [6.45, 7) is 0.610. The van der Waals surface area contributed by atoms with Crippen molar-refractivity contribution in [2.45, 2.75) is 44.9 Å². The second-order valence-corrected chi connectivity index (χ2v) is 6.88. The predicted molar refractivity (Wildman–Crippen MR) is 97.5 cm³/mol. The molecule has 0 saturated heterocycles. The standard InChI is InChI=1S/C20H26N2O3/c1-25-17-9-5-8-16(14-17)22-19(24)20(11-12-20)18(23)21-13-10-15-6-3-2-4-7-15/h5-6,8-9,14H,2-4,7,10-13H2,1H3,(H,21,23)(H,22,24). The van der Waals surface area contributed by atoms with E-state index in [0.717, 1.165) is 19.3 Å². The van der Waals surface area contributed by atoms with Crippen molar-refractivity contribution < 1.29 is 14.3 Å². The molecule has 0 unspecified atom stereocenters. The van der Waals surface area contributed by atoms with Crippen LogP contribution in [0.3, 0.4) is 0 Å². The summed E-state index contributed by atoms with van der Waals surface area (Å²) in [6, 6.07) is 7.17. The Morgan fingerprint density at radius 2 is 2.04 bits per heavy atom. The third kappa shape index (κ3) is 4.21. The first kappa shape index (κ1) is 17.5. The van der Waals surface area contributed by atoms with Gasteiger partial charge in [-0.3, -0.25) is 9.59 Å². The molecule has 5 heteroatoms. The monoisotopic (exact) mass is 342 g/mol. The van der Waals surface area contributed by atoms with Crippen LogP contribution in [-0.4, -0.2) is 25.5 Å². The van der Waals surface area contributed by atoms with Crippen molar-refractivity contribution in [1.29, 1.82) is 0 Å². The quantitative estimate of drug-likeness (QED) is 0.589. The van der Waals surface area contributed by atoms with E-state index in [1.807, 2.05) is 12.1 Å². The van der Waals surface area contributed by atoms with Gasteiger partial charge in [0.2, 0.25) is 11.8 Å². The second-order valence-electron chi connectivity index (χ2n) is 6.88. The molecular weight excluding hydrogens is 316 g/mol. The van der Waals surface area contributed by atoms with Crippen LogP contribution < -0.4 is 15.4 Å². The second kappa shape index (κ2) is 7.72. The summed E-state index contributed by atoms with van der Waals surface area (Å²) in [4.78, 5) is 25.1. The Bertz CT molecular complexity index is 677. The molecule has 2 amide bonds. The van der Waals surface area contributed by atoms with E-state index >= 15 is 0 Å². The molecule has 0 bridgehead atoms. The highest BCUT2D eigenvalue weighted by Crippen LogP contribution is 2.47. The van der Waals surface area contributed by atoms with Crippen LogP contribution in [0, 0.1) is 5.41 Å². The maximum atomic E-state index is 12.6. The van der Waals surface area contributed by atoms with Crippen molar-refractivity contribution >= 4 is 17.5 Å². The third-order valence-corrected chi connectivity index (χ3v) is 5.06. The van der Waals surface area contributed by atoms with Crippen molar-refractivity contribution in [2.24, 2.45) is 5.41 Å². The topological polar surface area (TPSA) is 67.4 Å². The molecule has 0 atom stereocenters. The molecule has 0 spiro atoms. The molecule has 2 aliphatic rings. The molecule has 1 fully saturated rings. The first-order valence-corrected chi connectivity index (χ1v) is 9.06. The van der Waals surface area contributed by atoms with Gasteiger partial charge >= 0.3 is 0 Å². The normalized spacial score (nSPS) is 18.0.